The van der Waals surface area contributed by atoms with Crippen LogP contribution in [0.15, 0.2) is 18.5 Å². The van der Waals surface area contributed by atoms with E-state index in [0.29, 0.717) is 11.4 Å². The van der Waals surface area contributed by atoms with Gasteiger partial charge < -0.3 is 16.8 Å². The van der Waals surface area contributed by atoms with Crippen molar-refractivity contribution in [3.8, 4) is 0 Å². The number of amides is 1. The molecule has 0 aliphatic carbocycles. The normalized spacial score (nSPS) is 12.2. The topological polar surface area (TPSA) is 94.0 Å². The molecule has 1 amide bonds. The zero-order valence-electron chi connectivity index (χ0n) is 7.32. The summed E-state index contributed by atoms with van der Waals surface area (Å²) < 4.78 is 0. The maximum absolute atomic E-state index is 11.1. The van der Waals surface area contributed by atoms with Crippen molar-refractivity contribution in [1.82, 2.24) is 4.98 Å². The van der Waals surface area contributed by atoms with Crippen LogP contribution in [0.3, 0.4) is 0 Å². The van der Waals surface area contributed by atoms with E-state index in [9.17, 15) is 4.79 Å². The van der Waals surface area contributed by atoms with Gasteiger partial charge in [0.1, 0.15) is 0 Å². The lowest BCUT2D eigenvalue weighted by Crippen LogP contribution is -2.32. The molecule has 70 valence electrons. The summed E-state index contributed by atoms with van der Waals surface area (Å²) in [5.74, 6) is -0.278. The van der Waals surface area contributed by atoms with Gasteiger partial charge >= 0.3 is 0 Å². The van der Waals surface area contributed by atoms with E-state index < -0.39 is 6.04 Å². The number of anilines is 2. The molecule has 1 aromatic rings. The number of nitrogens with zero attached hydrogens (tertiary/aromatic N) is 1. The summed E-state index contributed by atoms with van der Waals surface area (Å²) in [5, 5.41) is 2.56. The highest BCUT2D eigenvalue weighted by Gasteiger charge is 2.08. The minimum atomic E-state index is -0.556. The highest BCUT2D eigenvalue weighted by Crippen LogP contribution is 2.14. The van der Waals surface area contributed by atoms with Gasteiger partial charge in [-0.2, -0.15) is 0 Å². The first-order chi connectivity index (χ1) is 6.11. The number of rotatable bonds is 2. The third kappa shape index (κ3) is 2.41. The zero-order chi connectivity index (χ0) is 9.84. The predicted octanol–water partition coefficient (Wildman–Crippen LogP) is -0.0505. The number of nitrogens with one attached hydrogen (secondary N) is 1. The molecule has 0 aliphatic rings. The van der Waals surface area contributed by atoms with Gasteiger partial charge in [-0.05, 0) is 13.0 Å². The lowest BCUT2D eigenvalue weighted by atomic mass is 10.3. The number of carbonyl (C=O) groups excluding carboxylic acids is 1. The molecule has 0 fully saturated rings. The highest BCUT2D eigenvalue weighted by atomic mass is 16.2. The first kappa shape index (κ1) is 9.47. The first-order valence-corrected chi connectivity index (χ1v) is 3.87. The average Bonchev–Trinajstić information content (AvgIpc) is 2.08. The summed E-state index contributed by atoms with van der Waals surface area (Å²) in [6.45, 7) is 1.60. The zero-order valence-corrected chi connectivity index (χ0v) is 7.32. The van der Waals surface area contributed by atoms with Crippen LogP contribution >= 0.6 is 0 Å². The Bertz CT molecular complexity index is 311. The number of pyridine rings is 1. The van der Waals surface area contributed by atoms with Crippen molar-refractivity contribution in [2.75, 3.05) is 11.1 Å². The summed E-state index contributed by atoms with van der Waals surface area (Å²) in [5.41, 5.74) is 11.9. The van der Waals surface area contributed by atoms with Gasteiger partial charge in [-0.3, -0.25) is 9.78 Å². The van der Waals surface area contributed by atoms with E-state index in [-0.39, 0.29) is 5.91 Å². The van der Waals surface area contributed by atoms with E-state index in [1.54, 1.807) is 19.2 Å². The number of nitrogen functional groups attached to an aromatic ring is 1. The monoisotopic (exact) mass is 180 g/mol. The van der Waals surface area contributed by atoms with Crippen molar-refractivity contribution >= 4 is 17.3 Å². The van der Waals surface area contributed by atoms with Crippen molar-refractivity contribution in [3.63, 3.8) is 0 Å². The number of carbonyl (C=O) groups is 1. The second-order valence-corrected chi connectivity index (χ2v) is 2.74. The smallest absolute Gasteiger partial charge is 0.241 e. The number of hydrogen-bond donors (Lipinski definition) is 3. The van der Waals surface area contributed by atoms with Gasteiger partial charge in [0.05, 0.1) is 23.6 Å². The van der Waals surface area contributed by atoms with E-state index in [0.717, 1.165) is 0 Å². The van der Waals surface area contributed by atoms with E-state index in [1.165, 1.54) is 6.20 Å². The predicted molar refractivity (Wildman–Crippen MR) is 50.9 cm³/mol. The molecule has 1 rings (SSSR count). The maximum Gasteiger partial charge on any atom is 0.241 e. The van der Waals surface area contributed by atoms with Crippen molar-refractivity contribution < 1.29 is 4.79 Å². The fraction of sp³-hybridized carbons (Fsp3) is 0.250. The van der Waals surface area contributed by atoms with Crippen molar-refractivity contribution in [2.45, 2.75) is 13.0 Å². The molecule has 0 saturated heterocycles. The standard InChI is InChI=1S/C8H12N4O/c1-5(9)8(13)12-7-4-11-3-2-6(7)10/h2-5H,9H2,1H3,(H2,10,11)(H,12,13)/t5-/m0/s1. The van der Waals surface area contributed by atoms with E-state index in [4.69, 9.17) is 11.5 Å². The van der Waals surface area contributed by atoms with Gasteiger partial charge in [0.25, 0.3) is 0 Å². The Labute approximate surface area is 76.1 Å². The fourth-order valence-corrected chi connectivity index (χ4v) is 0.756. The molecule has 0 aliphatic heterocycles. The Balaban J connectivity index is 2.75. The third-order valence-electron chi connectivity index (χ3n) is 1.53. The van der Waals surface area contributed by atoms with E-state index >= 15 is 0 Å². The maximum atomic E-state index is 11.1. The van der Waals surface area contributed by atoms with Crippen LogP contribution in [0.1, 0.15) is 6.92 Å². The fourth-order valence-electron chi connectivity index (χ4n) is 0.756. The van der Waals surface area contributed by atoms with Crippen LogP contribution in [0, 0.1) is 0 Å². The first-order valence-electron chi connectivity index (χ1n) is 3.87. The van der Waals surface area contributed by atoms with Gasteiger partial charge in [0.2, 0.25) is 5.91 Å². The van der Waals surface area contributed by atoms with E-state index in [1.807, 2.05) is 0 Å². The molecule has 1 atom stereocenters. The molecule has 5 heteroatoms. The lowest BCUT2D eigenvalue weighted by molar-refractivity contribution is -0.117. The SMILES string of the molecule is C[C@H](N)C(=O)Nc1cnccc1N. The molecule has 0 radical (unpaired) electrons. The quantitative estimate of drug-likeness (QED) is 0.594. The highest BCUT2D eigenvalue weighted by molar-refractivity contribution is 5.96. The Morgan fingerprint density at radius 2 is 2.38 bits per heavy atom. The van der Waals surface area contributed by atoms with Crippen LogP contribution < -0.4 is 16.8 Å². The van der Waals surface area contributed by atoms with Gasteiger partial charge in [-0.15, -0.1) is 0 Å². The second kappa shape index (κ2) is 3.86. The summed E-state index contributed by atoms with van der Waals surface area (Å²) in [7, 11) is 0. The number of hydrogen-bond acceptors (Lipinski definition) is 4. The number of nitrogens with two attached hydrogens (primary N) is 2. The summed E-state index contributed by atoms with van der Waals surface area (Å²) in [6.07, 6.45) is 3.03. The second-order valence-electron chi connectivity index (χ2n) is 2.74. The van der Waals surface area contributed by atoms with Gasteiger partial charge in [0, 0.05) is 6.20 Å². The molecule has 1 aromatic heterocycles. The van der Waals surface area contributed by atoms with Crippen molar-refractivity contribution in [2.24, 2.45) is 5.73 Å². The van der Waals surface area contributed by atoms with Gasteiger partial charge in [0.15, 0.2) is 0 Å². The Morgan fingerprint density at radius 1 is 1.69 bits per heavy atom. The minimum absolute atomic E-state index is 0.278. The Morgan fingerprint density at radius 3 is 2.92 bits per heavy atom. The third-order valence-corrected chi connectivity index (χ3v) is 1.53. The molecular formula is C8H12N4O. The minimum Gasteiger partial charge on any atom is -0.397 e. The molecule has 0 unspecified atom stereocenters. The van der Waals surface area contributed by atoms with E-state index in [2.05, 4.69) is 10.3 Å². The molecular weight excluding hydrogens is 168 g/mol. The van der Waals surface area contributed by atoms with Crippen LogP contribution in [0.5, 0.6) is 0 Å². The molecule has 13 heavy (non-hydrogen) atoms. The molecule has 5 N–H and O–H groups in total. The van der Waals surface area contributed by atoms with Crippen LogP contribution in [0.4, 0.5) is 11.4 Å². The molecule has 5 nitrogen and oxygen atoms in total. The molecule has 0 bridgehead atoms. The van der Waals surface area contributed by atoms with Crippen molar-refractivity contribution in [3.05, 3.63) is 18.5 Å². The van der Waals surface area contributed by atoms with Gasteiger partial charge in [-0.1, -0.05) is 0 Å². The Kier molecular flexibility index (Phi) is 2.81. The lowest BCUT2D eigenvalue weighted by Gasteiger charge is -2.08. The molecule has 0 saturated carbocycles. The molecule has 0 aromatic carbocycles. The number of aromatic nitrogens is 1. The van der Waals surface area contributed by atoms with Crippen LogP contribution in [0.25, 0.3) is 0 Å². The van der Waals surface area contributed by atoms with Crippen molar-refractivity contribution in [1.29, 1.82) is 0 Å². The summed E-state index contributed by atoms with van der Waals surface area (Å²) >= 11 is 0. The molecule has 1 heterocycles. The summed E-state index contributed by atoms with van der Waals surface area (Å²) in [6, 6.07) is 1.05. The van der Waals surface area contributed by atoms with Crippen LogP contribution in [-0.2, 0) is 4.79 Å². The van der Waals surface area contributed by atoms with Crippen LogP contribution in [-0.4, -0.2) is 16.9 Å². The average molecular weight is 180 g/mol. The van der Waals surface area contributed by atoms with Gasteiger partial charge in [-0.25, -0.2) is 0 Å². The largest absolute Gasteiger partial charge is 0.397 e. The Hall–Kier alpha value is -1.62. The van der Waals surface area contributed by atoms with Crippen LogP contribution in [0.2, 0.25) is 0 Å². The summed E-state index contributed by atoms with van der Waals surface area (Å²) in [4.78, 5) is 15.0. The molecule has 0 spiro atoms.